The molecule has 1 saturated heterocycles. The number of hydrogen-bond acceptors (Lipinski definition) is 4. The van der Waals surface area contributed by atoms with Gasteiger partial charge in [0.25, 0.3) is 0 Å². The van der Waals surface area contributed by atoms with Crippen LogP contribution in [0.2, 0.25) is 0 Å². The van der Waals surface area contributed by atoms with E-state index in [9.17, 15) is 0 Å². The first-order valence-corrected chi connectivity index (χ1v) is 8.88. The highest BCUT2D eigenvalue weighted by Gasteiger charge is 2.20. The zero-order valence-corrected chi connectivity index (χ0v) is 15.2. The number of aromatic nitrogens is 2. The lowest BCUT2D eigenvalue weighted by Crippen LogP contribution is -2.35. The molecule has 4 heteroatoms. The average molecular weight is 324 g/mol. The molecular formula is C20H28N4. The minimum Gasteiger partial charge on any atom is -0.341 e. The molecule has 2 heterocycles. The molecular weight excluding hydrogens is 296 g/mol. The fourth-order valence-electron chi connectivity index (χ4n) is 3.33. The lowest BCUT2D eigenvalue weighted by Gasteiger charge is -2.31. The Morgan fingerprint density at radius 3 is 2.71 bits per heavy atom. The van der Waals surface area contributed by atoms with Crippen molar-refractivity contribution in [3.63, 3.8) is 0 Å². The molecule has 4 nitrogen and oxygen atoms in total. The predicted molar refractivity (Wildman–Crippen MR) is 101 cm³/mol. The lowest BCUT2D eigenvalue weighted by molar-refractivity contribution is 0.442. The van der Waals surface area contributed by atoms with Crippen LogP contribution in [0.25, 0.3) is 0 Å². The van der Waals surface area contributed by atoms with E-state index in [0.29, 0.717) is 5.92 Å². The number of benzene rings is 1. The zero-order chi connectivity index (χ0) is 17.2. The summed E-state index contributed by atoms with van der Waals surface area (Å²) in [6, 6.07) is 10.4. The van der Waals surface area contributed by atoms with Gasteiger partial charge in [-0.05, 0) is 41.9 Å². The Morgan fingerprint density at radius 2 is 1.96 bits per heavy atom. The summed E-state index contributed by atoms with van der Waals surface area (Å²) in [4.78, 5) is 11.5. The first kappa shape index (κ1) is 16.7. The number of rotatable bonds is 3. The van der Waals surface area contributed by atoms with E-state index in [2.05, 4.69) is 67.2 Å². The zero-order valence-electron chi connectivity index (χ0n) is 15.2. The van der Waals surface area contributed by atoms with Gasteiger partial charge in [0.05, 0.1) is 0 Å². The molecule has 1 atom stereocenters. The number of nitrogens with one attached hydrogen (secondary N) is 1. The Bertz CT molecular complexity index is 690. The van der Waals surface area contributed by atoms with E-state index in [4.69, 9.17) is 4.98 Å². The topological polar surface area (TPSA) is 41.1 Å². The van der Waals surface area contributed by atoms with Crippen LogP contribution >= 0.6 is 0 Å². The van der Waals surface area contributed by atoms with Gasteiger partial charge >= 0.3 is 0 Å². The Hall–Kier alpha value is -2.10. The van der Waals surface area contributed by atoms with E-state index in [1.807, 2.05) is 12.3 Å². The van der Waals surface area contributed by atoms with Crippen LogP contribution < -0.4 is 10.2 Å². The number of anilines is 3. The van der Waals surface area contributed by atoms with Gasteiger partial charge in [-0.15, -0.1) is 0 Å². The summed E-state index contributed by atoms with van der Waals surface area (Å²) in [6.07, 6.45) is 4.37. The van der Waals surface area contributed by atoms with Crippen LogP contribution in [0.4, 0.5) is 17.5 Å². The van der Waals surface area contributed by atoms with Crippen molar-refractivity contribution in [3.05, 3.63) is 42.1 Å². The molecule has 1 fully saturated rings. The van der Waals surface area contributed by atoms with Crippen LogP contribution in [-0.2, 0) is 5.41 Å². The summed E-state index contributed by atoms with van der Waals surface area (Å²) >= 11 is 0. The van der Waals surface area contributed by atoms with Crippen molar-refractivity contribution in [1.29, 1.82) is 0 Å². The summed E-state index contributed by atoms with van der Waals surface area (Å²) in [6.45, 7) is 11.1. The third-order valence-corrected chi connectivity index (χ3v) is 4.58. The second kappa shape index (κ2) is 6.80. The monoisotopic (exact) mass is 324 g/mol. The molecule has 1 aromatic carbocycles. The molecule has 128 valence electrons. The quantitative estimate of drug-likeness (QED) is 0.884. The van der Waals surface area contributed by atoms with Crippen LogP contribution in [-0.4, -0.2) is 23.1 Å². The van der Waals surface area contributed by atoms with Crippen LogP contribution in [0.5, 0.6) is 0 Å². The number of piperidine rings is 1. The maximum absolute atomic E-state index is 4.75. The molecule has 0 aliphatic carbocycles. The molecule has 2 aromatic rings. The summed E-state index contributed by atoms with van der Waals surface area (Å²) in [5.41, 5.74) is 2.49. The van der Waals surface area contributed by atoms with Gasteiger partial charge in [-0.3, -0.25) is 0 Å². The second-order valence-corrected chi connectivity index (χ2v) is 7.86. The number of nitrogens with zero attached hydrogens (tertiary/aromatic N) is 3. The summed E-state index contributed by atoms with van der Waals surface area (Å²) < 4.78 is 0. The minimum atomic E-state index is 0.0851. The van der Waals surface area contributed by atoms with Crippen molar-refractivity contribution in [3.8, 4) is 0 Å². The third kappa shape index (κ3) is 3.86. The number of hydrogen-bond donors (Lipinski definition) is 1. The van der Waals surface area contributed by atoms with Crippen molar-refractivity contribution in [2.75, 3.05) is 23.3 Å². The fraction of sp³-hybridized carbons (Fsp3) is 0.500. The normalized spacial score (nSPS) is 18.5. The maximum atomic E-state index is 4.75. The van der Waals surface area contributed by atoms with Gasteiger partial charge in [0.1, 0.15) is 5.82 Å². The second-order valence-electron chi connectivity index (χ2n) is 7.86. The molecule has 0 amide bonds. The van der Waals surface area contributed by atoms with Crippen molar-refractivity contribution in [2.24, 2.45) is 5.92 Å². The Kier molecular flexibility index (Phi) is 4.74. The van der Waals surface area contributed by atoms with Gasteiger partial charge in [0, 0.05) is 25.0 Å². The Balaban J connectivity index is 1.83. The molecule has 3 rings (SSSR count). The minimum absolute atomic E-state index is 0.0851. The molecule has 0 spiro atoms. The first-order chi connectivity index (χ1) is 11.4. The van der Waals surface area contributed by atoms with Crippen LogP contribution in [0.1, 0.15) is 46.1 Å². The van der Waals surface area contributed by atoms with E-state index < -0.39 is 0 Å². The van der Waals surface area contributed by atoms with E-state index in [0.717, 1.165) is 30.5 Å². The van der Waals surface area contributed by atoms with Gasteiger partial charge in [-0.25, -0.2) is 4.98 Å². The lowest BCUT2D eigenvalue weighted by atomic mass is 9.86. The van der Waals surface area contributed by atoms with E-state index in [-0.39, 0.29) is 5.41 Å². The fourth-order valence-corrected chi connectivity index (χ4v) is 3.33. The van der Waals surface area contributed by atoms with Crippen LogP contribution in [0.3, 0.4) is 0 Å². The molecule has 1 aromatic heterocycles. The van der Waals surface area contributed by atoms with Crippen LogP contribution in [0, 0.1) is 5.92 Å². The van der Waals surface area contributed by atoms with Crippen molar-refractivity contribution in [2.45, 2.75) is 46.0 Å². The predicted octanol–water partition coefficient (Wildman–Crippen LogP) is 4.75. The maximum Gasteiger partial charge on any atom is 0.227 e. The first-order valence-electron chi connectivity index (χ1n) is 8.88. The largest absolute Gasteiger partial charge is 0.341 e. The van der Waals surface area contributed by atoms with Gasteiger partial charge in [0.2, 0.25) is 5.95 Å². The van der Waals surface area contributed by atoms with E-state index in [1.54, 1.807) is 0 Å². The smallest absolute Gasteiger partial charge is 0.227 e. The van der Waals surface area contributed by atoms with Gasteiger partial charge in [-0.1, -0.05) is 45.9 Å². The standard InChI is InChI=1S/C20H28N4/c1-15-8-7-13-24(14-15)19-21-12-11-18(23-19)22-17-10-6-5-9-16(17)20(2,3)4/h5-6,9-12,15H,7-8,13-14H2,1-4H3,(H,21,22,23). The SMILES string of the molecule is CC1CCCN(c2nccc(Nc3ccccc3C(C)(C)C)n2)C1. The molecule has 1 aliphatic heterocycles. The molecule has 0 bridgehead atoms. The van der Waals surface area contributed by atoms with Crippen molar-refractivity contribution in [1.82, 2.24) is 9.97 Å². The highest BCUT2D eigenvalue weighted by Crippen LogP contribution is 2.31. The summed E-state index contributed by atoms with van der Waals surface area (Å²) in [5.74, 6) is 2.40. The number of para-hydroxylation sites is 1. The molecule has 24 heavy (non-hydrogen) atoms. The van der Waals surface area contributed by atoms with Crippen molar-refractivity contribution < 1.29 is 0 Å². The molecule has 0 saturated carbocycles. The highest BCUT2D eigenvalue weighted by molar-refractivity contribution is 5.62. The van der Waals surface area contributed by atoms with E-state index >= 15 is 0 Å². The third-order valence-electron chi connectivity index (χ3n) is 4.58. The Morgan fingerprint density at radius 1 is 1.17 bits per heavy atom. The highest BCUT2D eigenvalue weighted by atomic mass is 15.3. The molecule has 1 aliphatic rings. The van der Waals surface area contributed by atoms with E-state index in [1.165, 1.54) is 18.4 Å². The van der Waals surface area contributed by atoms with Gasteiger partial charge in [0.15, 0.2) is 0 Å². The van der Waals surface area contributed by atoms with Gasteiger partial charge in [-0.2, -0.15) is 4.98 Å². The molecule has 0 radical (unpaired) electrons. The van der Waals surface area contributed by atoms with Crippen LogP contribution in [0.15, 0.2) is 36.5 Å². The average Bonchev–Trinajstić information content (AvgIpc) is 2.55. The Labute approximate surface area is 145 Å². The van der Waals surface area contributed by atoms with Gasteiger partial charge < -0.3 is 10.2 Å². The molecule has 1 N–H and O–H groups in total. The van der Waals surface area contributed by atoms with Crippen molar-refractivity contribution >= 4 is 17.5 Å². The molecule has 1 unspecified atom stereocenters. The summed E-state index contributed by atoms with van der Waals surface area (Å²) in [5, 5.41) is 3.49. The summed E-state index contributed by atoms with van der Waals surface area (Å²) in [7, 11) is 0.